The number of aryl methyl sites for hydroxylation is 1. The summed E-state index contributed by atoms with van der Waals surface area (Å²) in [5.41, 5.74) is 2.43. The second-order valence-electron chi connectivity index (χ2n) is 4.65. The number of aromatic nitrogens is 2. The first-order valence-electron chi connectivity index (χ1n) is 6.06. The summed E-state index contributed by atoms with van der Waals surface area (Å²) in [6.07, 6.45) is -0.633. The van der Waals surface area contributed by atoms with E-state index >= 15 is 0 Å². The van der Waals surface area contributed by atoms with E-state index in [9.17, 15) is 13.9 Å². The van der Waals surface area contributed by atoms with Gasteiger partial charge in [-0.2, -0.15) is 5.10 Å². The van der Waals surface area contributed by atoms with Gasteiger partial charge < -0.3 is 5.11 Å². The molecular formula is C14H16F2N2O. The van der Waals surface area contributed by atoms with Gasteiger partial charge in [0.15, 0.2) is 0 Å². The van der Waals surface area contributed by atoms with Crippen LogP contribution in [-0.2, 0) is 6.54 Å². The first-order chi connectivity index (χ1) is 8.90. The van der Waals surface area contributed by atoms with Crippen molar-refractivity contribution in [1.29, 1.82) is 0 Å². The second kappa shape index (κ2) is 5.09. The minimum Gasteiger partial charge on any atom is -0.389 e. The van der Waals surface area contributed by atoms with E-state index in [-0.39, 0.29) is 12.1 Å². The first-order valence-corrected chi connectivity index (χ1v) is 6.06. The lowest BCUT2D eigenvalue weighted by atomic mass is 10.1. The van der Waals surface area contributed by atoms with Crippen molar-refractivity contribution >= 4 is 0 Å². The highest BCUT2D eigenvalue weighted by Gasteiger charge is 2.16. The molecule has 102 valence electrons. The molecule has 1 atom stereocenters. The molecule has 0 saturated heterocycles. The van der Waals surface area contributed by atoms with Crippen LogP contribution < -0.4 is 0 Å². The van der Waals surface area contributed by atoms with Crippen molar-refractivity contribution < 1.29 is 13.9 Å². The Hall–Kier alpha value is -1.75. The SMILES string of the molecule is Cc1nn(Cc2cc(F)ccc2F)c(C)c1C(C)O. The molecule has 0 amide bonds. The van der Waals surface area contributed by atoms with E-state index in [2.05, 4.69) is 5.10 Å². The Morgan fingerprint density at radius 3 is 2.58 bits per heavy atom. The predicted molar refractivity (Wildman–Crippen MR) is 67.8 cm³/mol. The molecule has 0 bridgehead atoms. The molecule has 0 saturated carbocycles. The number of nitrogens with zero attached hydrogens (tertiary/aromatic N) is 2. The third kappa shape index (κ3) is 2.66. The predicted octanol–water partition coefficient (Wildman–Crippen LogP) is 2.88. The molecule has 3 nitrogen and oxygen atoms in total. The second-order valence-corrected chi connectivity index (χ2v) is 4.65. The van der Waals surface area contributed by atoms with Crippen molar-refractivity contribution in [3.8, 4) is 0 Å². The van der Waals surface area contributed by atoms with Crippen LogP contribution in [0, 0.1) is 25.5 Å². The Kier molecular flexibility index (Phi) is 3.66. The standard InChI is InChI=1S/C14H16F2N2O/c1-8-14(10(3)19)9(2)18(17-8)7-11-6-12(15)4-5-13(11)16/h4-6,10,19H,7H2,1-3H3. The zero-order chi connectivity index (χ0) is 14.2. The molecule has 0 aliphatic rings. The summed E-state index contributed by atoms with van der Waals surface area (Å²) in [6, 6.07) is 3.35. The maximum Gasteiger partial charge on any atom is 0.128 e. The molecule has 1 aromatic carbocycles. The van der Waals surface area contributed by atoms with Crippen LogP contribution in [0.15, 0.2) is 18.2 Å². The van der Waals surface area contributed by atoms with Gasteiger partial charge in [-0.1, -0.05) is 0 Å². The van der Waals surface area contributed by atoms with Gasteiger partial charge in [-0.15, -0.1) is 0 Å². The van der Waals surface area contributed by atoms with E-state index in [1.807, 2.05) is 0 Å². The van der Waals surface area contributed by atoms with Gasteiger partial charge in [-0.05, 0) is 39.0 Å². The number of rotatable bonds is 3. The molecular weight excluding hydrogens is 250 g/mol. The number of hydrogen-bond acceptors (Lipinski definition) is 2. The van der Waals surface area contributed by atoms with Crippen LogP contribution in [0.1, 0.15) is 35.5 Å². The summed E-state index contributed by atoms with van der Waals surface area (Å²) in [5, 5.41) is 13.9. The van der Waals surface area contributed by atoms with E-state index < -0.39 is 17.7 Å². The normalized spacial score (nSPS) is 12.7. The van der Waals surface area contributed by atoms with Crippen LogP contribution in [0.2, 0.25) is 0 Å². The third-order valence-electron chi connectivity index (χ3n) is 3.18. The summed E-state index contributed by atoms with van der Waals surface area (Å²) >= 11 is 0. The summed E-state index contributed by atoms with van der Waals surface area (Å²) in [4.78, 5) is 0. The Morgan fingerprint density at radius 1 is 1.32 bits per heavy atom. The summed E-state index contributed by atoms with van der Waals surface area (Å²) in [5.74, 6) is -0.943. The quantitative estimate of drug-likeness (QED) is 0.927. The third-order valence-corrected chi connectivity index (χ3v) is 3.18. The largest absolute Gasteiger partial charge is 0.389 e. The number of aliphatic hydroxyl groups is 1. The van der Waals surface area contributed by atoms with Gasteiger partial charge in [0.1, 0.15) is 11.6 Å². The summed E-state index contributed by atoms with van der Waals surface area (Å²) < 4.78 is 28.3. The van der Waals surface area contributed by atoms with Gasteiger partial charge in [0.05, 0.1) is 18.3 Å². The fourth-order valence-corrected chi connectivity index (χ4v) is 2.30. The highest BCUT2D eigenvalue weighted by Crippen LogP contribution is 2.22. The van der Waals surface area contributed by atoms with Crippen molar-refractivity contribution in [1.82, 2.24) is 9.78 Å². The molecule has 1 N–H and O–H groups in total. The van der Waals surface area contributed by atoms with Crippen LogP contribution >= 0.6 is 0 Å². The average Bonchev–Trinajstić information content (AvgIpc) is 2.59. The van der Waals surface area contributed by atoms with E-state index in [0.717, 1.165) is 29.5 Å². The highest BCUT2D eigenvalue weighted by molar-refractivity contribution is 5.28. The average molecular weight is 266 g/mol. The van der Waals surface area contributed by atoms with Gasteiger partial charge in [-0.3, -0.25) is 4.68 Å². The van der Waals surface area contributed by atoms with E-state index in [0.29, 0.717) is 5.69 Å². The monoisotopic (exact) mass is 266 g/mol. The maximum absolute atomic E-state index is 13.6. The van der Waals surface area contributed by atoms with Crippen LogP contribution in [0.3, 0.4) is 0 Å². The van der Waals surface area contributed by atoms with Crippen molar-refractivity contribution in [2.75, 3.05) is 0 Å². The number of benzene rings is 1. The zero-order valence-corrected chi connectivity index (χ0v) is 11.1. The fraction of sp³-hybridized carbons (Fsp3) is 0.357. The Balaban J connectivity index is 2.39. The smallest absolute Gasteiger partial charge is 0.128 e. The zero-order valence-electron chi connectivity index (χ0n) is 11.1. The molecule has 0 fully saturated rings. The lowest BCUT2D eigenvalue weighted by Crippen LogP contribution is -2.07. The van der Waals surface area contributed by atoms with Crippen LogP contribution in [0.25, 0.3) is 0 Å². The van der Waals surface area contributed by atoms with E-state index in [4.69, 9.17) is 0 Å². The Morgan fingerprint density at radius 2 is 2.00 bits per heavy atom. The van der Waals surface area contributed by atoms with Crippen molar-refractivity contribution in [3.05, 3.63) is 52.3 Å². The molecule has 5 heteroatoms. The van der Waals surface area contributed by atoms with Crippen molar-refractivity contribution in [3.63, 3.8) is 0 Å². The lowest BCUT2D eigenvalue weighted by molar-refractivity contribution is 0.197. The summed E-state index contributed by atoms with van der Waals surface area (Å²) in [7, 11) is 0. The highest BCUT2D eigenvalue weighted by atomic mass is 19.1. The topological polar surface area (TPSA) is 38.0 Å². The van der Waals surface area contributed by atoms with E-state index in [1.165, 1.54) is 0 Å². The lowest BCUT2D eigenvalue weighted by Gasteiger charge is -2.08. The molecule has 2 rings (SSSR count). The van der Waals surface area contributed by atoms with Crippen molar-refractivity contribution in [2.24, 2.45) is 0 Å². The fourth-order valence-electron chi connectivity index (χ4n) is 2.30. The van der Waals surface area contributed by atoms with Gasteiger partial charge in [0, 0.05) is 16.8 Å². The van der Waals surface area contributed by atoms with Crippen LogP contribution in [0.4, 0.5) is 8.78 Å². The molecule has 0 aliphatic carbocycles. The van der Waals surface area contributed by atoms with Crippen molar-refractivity contribution in [2.45, 2.75) is 33.4 Å². The van der Waals surface area contributed by atoms with E-state index in [1.54, 1.807) is 25.5 Å². The molecule has 1 heterocycles. The minimum absolute atomic E-state index is 0.142. The molecule has 0 spiro atoms. The van der Waals surface area contributed by atoms with Gasteiger partial charge >= 0.3 is 0 Å². The molecule has 1 unspecified atom stereocenters. The first kappa shape index (κ1) is 13.7. The maximum atomic E-state index is 13.6. The minimum atomic E-state index is -0.633. The number of halogens is 2. The summed E-state index contributed by atoms with van der Waals surface area (Å²) in [6.45, 7) is 5.39. The number of hydrogen-bond donors (Lipinski definition) is 1. The van der Waals surface area contributed by atoms with Gasteiger partial charge in [0.2, 0.25) is 0 Å². The van der Waals surface area contributed by atoms with Gasteiger partial charge in [0.25, 0.3) is 0 Å². The van der Waals surface area contributed by atoms with Gasteiger partial charge in [-0.25, -0.2) is 8.78 Å². The van der Waals surface area contributed by atoms with Crippen LogP contribution in [0.5, 0.6) is 0 Å². The number of aliphatic hydroxyl groups excluding tert-OH is 1. The molecule has 0 aliphatic heterocycles. The molecule has 0 radical (unpaired) electrons. The Bertz CT molecular complexity index is 606. The molecule has 19 heavy (non-hydrogen) atoms. The molecule has 2 aromatic rings. The van der Waals surface area contributed by atoms with Crippen LogP contribution in [-0.4, -0.2) is 14.9 Å². The molecule has 1 aromatic heterocycles. The Labute approximate surface area is 110 Å².